The van der Waals surface area contributed by atoms with Crippen LogP contribution in [0, 0.1) is 5.92 Å². The van der Waals surface area contributed by atoms with Crippen molar-refractivity contribution in [3.63, 3.8) is 0 Å². The summed E-state index contributed by atoms with van der Waals surface area (Å²) in [5.74, 6) is 0.418. The second-order valence-corrected chi connectivity index (χ2v) is 2.71. The van der Waals surface area contributed by atoms with E-state index in [1.165, 1.54) is 0 Å². The molecule has 4 N–H and O–H groups in total. The maximum absolute atomic E-state index is 8.50. The lowest BCUT2D eigenvalue weighted by Gasteiger charge is -2.14. The minimum Gasteiger partial charge on any atom is -0.367 e. The van der Waals surface area contributed by atoms with Gasteiger partial charge in [0.25, 0.3) is 0 Å². The van der Waals surface area contributed by atoms with E-state index in [2.05, 4.69) is 0 Å². The molecular formula is C6H15NO2. The number of hydrogen-bond donors (Lipinski definition) is 3. The summed E-state index contributed by atoms with van der Waals surface area (Å²) in [6.07, 6.45) is -0.718. The second-order valence-electron chi connectivity index (χ2n) is 2.71. The Morgan fingerprint density at radius 3 is 1.89 bits per heavy atom. The van der Waals surface area contributed by atoms with E-state index in [0.717, 1.165) is 0 Å². The van der Waals surface area contributed by atoms with Gasteiger partial charge in [0.15, 0.2) is 6.29 Å². The molecule has 0 spiro atoms. The van der Waals surface area contributed by atoms with Gasteiger partial charge < -0.3 is 15.9 Å². The molecule has 0 aromatic rings. The van der Waals surface area contributed by atoms with Crippen molar-refractivity contribution < 1.29 is 10.2 Å². The Labute approximate surface area is 55.5 Å². The summed E-state index contributed by atoms with van der Waals surface area (Å²) in [6, 6.07) is -0.495. The molecular weight excluding hydrogens is 118 g/mol. The first kappa shape index (κ1) is 8.88. The van der Waals surface area contributed by atoms with Crippen molar-refractivity contribution in [2.45, 2.75) is 32.6 Å². The van der Waals surface area contributed by atoms with Crippen LogP contribution < -0.4 is 5.73 Å². The largest absolute Gasteiger partial charge is 0.367 e. The van der Waals surface area contributed by atoms with E-state index in [0.29, 0.717) is 12.3 Å². The monoisotopic (exact) mass is 133 g/mol. The third-order valence-electron chi connectivity index (χ3n) is 1.13. The zero-order valence-electron chi connectivity index (χ0n) is 5.91. The van der Waals surface area contributed by atoms with Crippen LogP contribution in [0.5, 0.6) is 0 Å². The highest BCUT2D eigenvalue weighted by atomic mass is 16.5. The first-order chi connectivity index (χ1) is 4.04. The van der Waals surface area contributed by atoms with E-state index < -0.39 is 12.3 Å². The summed E-state index contributed by atoms with van der Waals surface area (Å²) in [7, 11) is 0. The van der Waals surface area contributed by atoms with E-state index in [9.17, 15) is 0 Å². The molecule has 56 valence electrons. The van der Waals surface area contributed by atoms with Crippen molar-refractivity contribution in [2.24, 2.45) is 11.7 Å². The fourth-order valence-electron chi connectivity index (χ4n) is 0.666. The fourth-order valence-corrected chi connectivity index (χ4v) is 0.666. The first-order valence-electron chi connectivity index (χ1n) is 3.15. The van der Waals surface area contributed by atoms with Gasteiger partial charge in [-0.1, -0.05) is 13.8 Å². The molecule has 0 saturated heterocycles. The molecule has 0 fully saturated rings. The highest BCUT2D eigenvalue weighted by Crippen LogP contribution is 2.03. The van der Waals surface area contributed by atoms with E-state index >= 15 is 0 Å². The highest BCUT2D eigenvalue weighted by molar-refractivity contribution is 4.63. The fraction of sp³-hybridized carbons (Fsp3) is 1.00. The molecule has 0 aliphatic carbocycles. The number of aliphatic hydroxyl groups excluding tert-OH is 1. The molecule has 0 amide bonds. The van der Waals surface area contributed by atoms with Crippen molar-refractivity contribution in [1.29, 1.82) is 0 Å². The van der Waals surface area contributed by atoms with Crippen LogP contribution in [0.4, 0.5) is 0 Å². The first-order valence-corrected chi connectivity index (χ1v) is 3.15. The Morgan fingerprint density at radius 1 is 1.33 bits per heavy atom. The standard InChI is InChI=1S/C6H15NO2/c1-4(2)3-5(7)6(8)9/h4-6,8-9H,3,7H2,1-2H3. The third kappa shape index (κ3) is 4.39. The second kappa shape index (κ2) is 3.82. The summed E-state index contributed by atoms with van der Waals surface area (Å²) < 4.78 is 0. The van der Waals surface area contributed by atoms with Gasteiger partial charge in [0.1, 0.15) is 0 Å². The third-order valence-corrected chi connectivity index (χ3v) is 1.13. The molecule has 0 heterocycles. The average Bonchev–Trinajstić information content (AvgIpc) is 1.63. The molecule has 0 aliphatic rings. The molecule has 0 aromatic heterocycles. The zero-order valence-corrected chi connectivity index (χ0v) is 5.91. The molecule has 3 heteroatoms. The summed E-state index contributed by atoms with van der Waals surface area (Å²) in [5.41, 5.74) is 5.32. The van der Waals surface area contributed by atoms with E-state index in [-0.39, 0.29) is 0 Å². The molecule has 0 rings (SSSR count). The Hall–Kier alpha value is -0.120. The highest BCUT2D eigenvalue weighted by Gasteiger charge is 2.11. The molecule has 0 radical (unpaired) electrons. The van der Waals surface area contributed by atoms with Crippen molar-refractivity contribution in [2.75, 3.05) is 0 Å². The minimum absolute atomic E-state index is 0.418. The van der Waals surface area contributed by atoms with Gasteiger partial charge in [0.2, 0.25) is 0 Å². The molecule has 9 heavy (non-hydrogen) atoms. The molecule has 1 unspecified atom stereocenters. The van der Waals surface area contributed by atoms with Gasteiger partial charge in [-0.2, -0.15) is 0 Å². The summed E-state index contributed by atoms with van der Waals surface area (Å²) in [5, 5.41) is 17.0. The topological polar surface area (TPSA) is 66.5 Å². The Balaban J connectivity index is 3.38. The van der Waals surface area contributed by atoms with Crippen molar-refractivity contribution in [3.05, 3.63) is 0 Å². The van der Waals surface area contributed by atoms with E-state index in [1.807, 2.05) is 13.8 Å². The van der Waals surface area contributed by atoms with Crippen LogP contribution >= 0.6 is 0 Å². The lowest BCUT2D eigenvalue weighted by Crippen LogP contribution is -2.35. The van der Waals surface area contributed by atoms with Crippen molar-refractivity contribution in [1.82, 2.24) is 0 Å². The number of rotatable bonds is 3. The maximum atomic E-state index is 8.50. The smallest absolute Gasteiger partial charge is 0.166 e. The lowest BCUT2D eigenvalue weighted by molar-refractivity contribution is -0.0617. The van der Waals surface area contributed by atoms with Crippen LogP contribution in [-0.2, 0) is 0 Å². The minimum atomic E-state index is -1.37. The van der Waals surface area contributed by atoms with Gasteiger partial charge in [-0.25, -0.2) is 0 Å². The van der Waals surface area contributed by atoms with Gasteiger partial charge in [-0.05, 0) is 12.3 Å². The van der Waals surface area contributed by atoms with Gasteiger partial charge in [0, 0.05) is 0 Å². The maximum Gasteiger partial charge on any atom is 0.166 e. The van der Waals surface area contributed by atoms with Gasteiger partial charge in [0.05, 0.1) is 6.04 Å². The Bertz CT molecular complexity index is 73.5. The van der Waals surface area contributed by atoms with Crippen LogP contribution in [-0.4, -0.2) is 22.5 Å². The number of aliphatic hydroxyl groups is 2. The Morgan fingerprint density at radius 2 is 1.78 bits per heavy atom. The van der Waals surface area contributed by atoms with Crippen LogP contribution in [0.15, 0.2) is 0 Å². The summed E-state index contributed by atoms with van der Waals surface area (Å²) in [4.78, 5) is 0. The predicted molar refractivity (Wildman–Crippen MR) is 35.7 cm³/mol. The average molecular weight is 133 g/mol. The number of nitrogens with two attached hydrogens (primary N) is 1. The molecule has 0 aliphatic heterocycles. The van der Waals surface area contributed by atoms with Crippen molar-refractivity contribution in [3.8, 4) is 0 Å². The molecule has 0 bridgehead atoms. The zero-order chi connectivity index (χ0) is 7.44. The predicted octanol–water partition coefficient (Wildman–Crippen LogP) is -0.329. The van der Waals surface area contributed by atoms with Gasteiger partial charge in [-0.15, -0.1) is 0 Å². The normalized spacial score (nSPS) is 15.0. The van der Waals surface area contributed by atoms with Crippen LogP contribution in [0.3, 0.4) is 0 Å². The van der Waals surface area contributed by atoms with E-state index in [1.54, 1.807) is 0 Å². The SMILES string of the molecule is CC(C)CC(N)C(O)O. The molecule has 1 atom stereocenters. The van der Waals surface area contributed by atoms with E-state index in [4.69, 9.17) is 15.9 Å². The summed E-state index contributed by atoms with van der Waals surface area (Å²) >= 11 is 0. The summed E-state index contributed by atoms with van der Waals surface area (Å²) in [6.45, 7) is 3.98. The molecule has 0 saturated carbocycles. The van der Waals surface area contributed by atoms with Crippen LogP contribution in [0.1, 0.15) is 20.3 Å². The number of hydrogen-bond acceptors (Lipinski definition) is 3. The lowest BCUT2D eigenvalue weighted by atomic mass is 10.0. The Kier molecular flexibility index (Phi) is 3.77. The van der Waals surface area contributed by atoms with Crippen molar-refractivity contribution >= 4 is 0 Å². The van der Waals surface area contributed by atoms with Crippen LogP contribution in [0.2, 0.25) is 0 Å². The van der Waals surface area contributed by atoms with Gasteiger partial charge in [-0.3, -0.25) is 0 Å². The van der Waals surface area contributed by atoms with Gasteiger partial charge >= 0.3 is 0 Å². The van der Waals surface area contributed by atoms with Crippen LogP contribution in [0.25, 0.3) is 0 Å². The molecule has 3 nitrogen and oxygen atoms in total. The quantitative estimate of drug-likeness (QED) is 0.462. The molecule has 0 aromatic carbocycles.